The van der Waals surface area contributed by atoms with Crippen LogP contribution in [-0.2, 0) is 7.05 Å². The molecule has 0 saturated carbocycles. The van der Waals surface area contributed by atoms with Crippen molar-refractivity contribution in [3.63, 3.8) is 0 Å². The van der Waals surface area contributed by atoms with Gasteiger partial charge in [0.25, 0.3) is 0 Å². The predicted octanol–water partition coefficient (Wildman–Crippen LogP) is 2.58. The molecule has 0 atom stereocenters. The zero-order chi connectivity index (χ0) is 12.6. The third kappa shape index (κ3) is 1.93. The Hall–Kier alpha value is -1.75. The van der Waals surface area contributed by atoms with Crippen molar-refractivity contribution in [2.45, 2.75) is 0 Å². The van der Waals surface area contributed by atoms with E-state index in [2.05, 4.69) is 5.10 Å². The molecule has 0 N–H and O–H groups in total. The first-order chi connectivity index (χ1) is 8.02. The fraction of sp³-hybridized carbons (Fsp3) is 0.0909. The van der Waals surface area contributed by atoms with Gasteiger partial charge in [0.15, 0.2) is 11.6 Å². The van der Waals surface area contributed by atoms with Crippen molar-refractivity contribution < 1.29 is 13.6 Å². The molecule has 0 spiro atoms. The summed E-state index contributed by atoms with van der Waals surface area (Å²) in [6, 6.07) is 3.40. The summed E-state index contributed by atoms with van der Waals surface area (Å²) in [4.78, 5) is 12.0. The number of hydrogen-bond acceptors (Lipinski definition) is 2. The Morgan fingerprint density at radius 1 is 1.41 bits per heavy atom. The van der Waals surface area contributed by atoms with Crippen LogP contribution in [0.2, 0.25) is 5.02 Å². The minimum atomic E-state index is -1.19. The lowest BCUT2D eigenvalue weighted by molar-refractivity contribution is 0.102. The van der Waals surface area contributed by atoms with Gasteiger partial charge in [-0.2, -0.15) is 5.10 Å². The molecule has 0 fully saturated rings. The number of rotatable bonds is 2. The Balaban J connectivity index is 2.55. The molecule has 0 unspecified atom stereocenters. The van der Waals surface area contributed by atoms with Gasteiger partial charge >= 0.3 is 0 Å². The molecule has 0 aliphatic carbocycles. The van der Waals surface area contributed by atoms with E-state index in [4.69, 9.17) is 11.6 Å². The maximum Gasteiger partial charge on any atom is 0.215 e. The second kappa shape index (κ2) is 4.25. The molecule has 1 heterocycles. The summed E-state index contributed by atoms with van der Waals surface area (Å²) in [5, 5.41) is 3.86. The van der Waals surface area contributed by atoms with Gasteiger partial charge < -0.3 is 0 Å². The molecule has 0 bridgehead atoms. The van der Waals surface area contributed by atoms with E-state index in [1.807, 2.05) is 0 Å². The summed E-state index contributed by atoms with van der Waals surface area (Å²) in [5.74, 6) is -2.96. The van der Waals surface area contributed by atoms with Crippen molar-refractivity contribution in [1.29, 1.82) is 0 Å². The lowest BCUT2D eigenvalue weighted by Gasteiger charge is -2.04. The third-order valence-electron chi connectivity index (χ3n) is 2.31. The predicted molar refractivity (Wildman–Crippen MR) is 58.0 cm³/mol. The molecular formula is C11H7ClF2N2O. The molecule has 3 nitrogen and oxygen atoms in total. The second-order valence-electron chi connectivity index (χ2n) is 3.40. The van der Waals surface area contributed by atoms with Crippen LogP contribution in [0.15, 0.2) is 24.4 Å². The normalized spacial score (nSPS) is 10.6. The van der Waals surface area contributed by atoms with Crippen LogP contribution in [0.4, 0.5) is 8.78 Å². The number of benzene rings is 1. The van der Waals surface area contributed by atoms with Crippen molar-refractivity contribution in [3.8, 4) is 0 Å². The molecule has 0 aliphatic heterocycles. The molecule has 17 heavy (non-hydrogen) atoms. The minimum Gasteiger partial charge on any atom is -0.287 e. The van der Waals surface area contributed by atoms with E-state index >= 15 is 0 Å². The second-order valence-corrected chi connectivity index (χ2v) is 3.80. The first-order valence-corrected chi connectivity index (χ1v) is 5.06. The summed E-state index contributed by atoms with van der Waals surface area (Å²) < 4.78 is 27.7. The maximum atomic E-state index is 13.4. The van der Waals surface area contributed by atoms with Crippen molar-refractivity contribution in [1.82, 2.24) is 9.78 Å². The standard InChI is InChI=1S/C11H7ClF2N2O/c1-16-10(7(12)5-15-16)11(17)6-3-2-4-8(13)9(6)14/h2-5H,1H3. The van der Waals surface area contributed by atoms with Crippen LogP contribution in [0.25, 0.3) is 0 Å². The molecule has 88 valence electrons. The van der Waals surface area contributed by atoms with E-state index in [1.54, 1.807) is 0 Å². The van der Waals surface area contributed by atoms with E-state index < -0.39 is 17.4 Å². The van der Waals surface area contributed by atoms with Crippen LogP contribution in [0, 0.1) is 11.6 Å². The number of hydrogen-bond donors (Lipinski definition) is 0. The summed E-state index contributed by atoms with van der Waals surface area (Å²) in [5.41, 5.74) is -0.341. The zero-order valence-corrected chi connectivity index (χ0v) is 9.50. The Morgan fingerprint density at radius 2 is 2.12 bits per heavy atom. The fourth-order valence-corrected chi connectivity index (χ4v) is 1.72. The number of aryl methyl sites for hydroxylation is 1. The quantitative estimate of drug-likeness (QED) is 0.774. The van der Waals surface area contributed by atoms with Crippen LogP contribution in [-0.4, -0.2) is 15.6 Å². The number of nitrogens with zero attached hydrogens (tertiary/aromatic N) is 2. The molecule has 2 aromatic rings. The van der Waals surface area contributed by atoms with Crippen LogP contribution < -0.4 is 0 Å². The highest BCUT2D eigenvalue weighted by Crippen LogP contribution is 2.21. The monoisotopic (exact) mass is 256 g/mol. The summed E-state index contributed by atoms with van der Waals surface area (Å²) in [6.07, 6.45) is 1.27. The average molecular weight is 257 g/mol. The largest absolute Gasteiger partial charge is 0.287 e. The summed E-state index contributed by atoms with van der Waals surface area (Å²) >= 11 is 5.76. The molecule has 1 aromatic heterocycles. The highest BCUT2D eigenvalue weighted by molar-refractivity contribution is 6.34. The van der Waals surface area contributed by atoms with E-state index in [1.165, 1.54) is 30.1 Å². The molecule has 0 aliphatic rings. The number of halogens is 3. The lowest BCUT2D eigenvalue weighted by atomic mass is 10.1. The van der Waals surface area contributed by atoms with E-state index in [0.717, 1.165) is 6.07 Å². The Morgan fingerprint density at radius 3 is 2.71 bits per heavy atom. The molecule has 0 amide bonds. The van der Waals surface area contributed by atoms with Gasteiger partial charge in [-0.15, -0.1) is 0 Å². The van der Waals surface area contributed by atoms with Gasteiger partial charge in [0, 0.05) is 7.05 Å². The lowest BCUT2D eigenvalue weighted by Crippen LogP contribution is -2.11. The molecular weight excluding hydrogens is 250 g/mol. The Kier molecular flexibility index (Phi) is 2.93. The van der Waals surface area contributed by atoms with Gasteiger partial charge in [-0.1, -0.05) is 17.7 Å². The number of carbonyl (C=O) groups excluding carboxylic acids is 1. The Labute approximate surface area is 101 Å². The topological polar surface area (TPSA) is 34.9 Å². The molecule has 0 saturated heterocycles. The molecule has 0 radical (unpaired) electrons. The number of carbonyl (C=O) groups is 1. The van der Waals surface area contributed by atoms with Gasteiger partial charge in [-0.05, 0) is 12.1 Å². The first kappa shape index (κ1) is 11.7. The minimum absolute atomic E-state index is 0.0242. The van der Waals surface area contributed by atoms with Gasteiger partial charge in [-0.25, -0.2) is 8.78 Å². The SMILES string of the molecule is Cn1ncc(Cl)c1C(=O)c1cccc(F)c1F. The van der Waals surface area contributed by atoms with Crippen molar-refractivity contribution in [2.75, 3.05) is 0 Å². The maximum absolute atomic E-state index is 13.4. The van der Waals surface area contributed by atoms with Gasteiger partial charge in [-0.3, -0.25) is 9.48 Å². The van der Waals surface area contributed by atoms with Crippen LogP contribution in [0.3, 0.4) is 0 Å². The molecule has 2 rings (SSSR count). The Bertz CT molecular complexity index is 576. The van der Waals surface area contributed by atoms with Crippen molar-refractivity contribution in [2.24, 2.45) is 7.05 Å². The van der Waals surface area contributed by atoms with E-state index in [-0.39, 0.29) is 16.3 Å². The highest BCUT2D eigenvalue weighted by atomic mass is 35.5. The van der Waals surface area contributed by atoms with Crippen LogP contribution >= 0.6 is 11.6 Å². The van der Waals surface area contributed by atoms with E-state index in [0.29, 0.717) is 0 Å². The van der Waals surface area contributed by atoms with Gasteiger partial charge in [0.05, 0.1) is 16.8 Å². The van der Waals surface area contributed by atoms with E-state index in [9.17, 15) is 13.6 Å². The van der Waals surface area contributed by atoms with Crippen LogP contribution in [0.5, 0.6) is 0 Å². The fourth-order valence-electron chi connectivity index (χ4n) is 1.47. The summed E-state index contributed by atoms with van der Waals surface area (Å²) in [6.45, 7) is 0. The third-order valence-corrected chi connectivity index (χ3v) is 2.58. The molecule has 6 heteroatoms. The first-order valence-electron chi connectivity index (χ1n) is 4.68. The van der Waals surface area contributed by atoms with Gasteiger partial charge in [0.2, 0.25) is 5.78 Å². The molecule has 1 aromatic carbocycles. The number of ketones is 1. The smallest absolute Gasteiger partial charge is 0.215 e. The van der Waals surface area contributed by atoms with Crippen LogP contribution in [0.1, 0.15) is 16.1 Å². The highest BCUT2D eigenvalue weighted by Gasteiger charge is 2.22. The van der Waals surface area contributed by atoms with Crippen molar-refractivity contribution in [3.05, 3.63) is 52.3 Å². The van der Waals surface area contributed by atoms with Gasteiger partial charge in [0.1, 0.15) is 5.69 Å². The zero-order valence-electron chi connectivity index (χ0n) is 8.75. The van der Waals surface area contributed by atoms with Crippen molar-refractivity contribution >= 4 is 17.4 Å². The summed E-state index contributed by atoms with van der Waals surface area (Å²) in [7, 11) is 1.50. The average Bonchev–Trinajstić information content (AvgIpc) is 2.62. The number of aromatic nitrogens is 2.